The molecule has 0 aliphatic heterocycles. The highest BCUT2D eigenvalue weighted by atomic mass is 35.5. The molecule has 0 saturated carbocycles. The van der Waals surface area contributed by atoms with Gasteiger partial charge in [-0.05, 0) is 0 Å². The van der Waals surface area contributed by atoms with Crippen molar-refractivity contribution in [1.82, 2.24) is 4.98 Å². The van der Waals surface area contributed by atoms with E-state index < -0.39 is 6.43 Å². The largest absolute Gasteiger partial charge is 0.326 e. The van der Waals surface area contributed by atoms with Gasteiger partial charge in [0.25, 0.3) is 6.43 Å². The SMILES string of the molecule is NCc1c(Cl)ncc(C(F)F)c1Cl. The summed E-state index contributed by atoms with van der Waals surface area (Å²) in [5.41, 5.74) is 5.18. The zero-order chi connectivity index (χ0) is 10.0. The van der Waals surface area contributed by atoms with Crippen LogP contribution < -0.4 is 5.73 Å². The van der Waals surface area contributed by atoms with Gasteiger partial charge in [0.15, 0.2) is 0 Å². The molecular formula is C7H6Cl2F2N2. The number of halogens is 4. The van der Waals surface area contributed by atoms with E-state index in [1.807, 2.05) is 0 Å². The van der Waals surface area contributed by atoms with Gasteiger partial charge in [-0.3, -0.25) is 0 Å². The topological polar surface area (TPSA) is 38.9 Å². The minimum Gasteiger partial charge on any atom is -0.326 e. The number of alkyl halides is 2. The minimum atomic E-state index is -2.66. The number of hydrogen-bond acceptors (Lipinski definition) is 2. The molecule has 0 spiro atoms. The summed E-state index contributed by atoms with van der Waals surface area (Å²) in [5.74, 6) is 0. The van der Waals surface area contributed by atoms with Gasteiger partial charge in [0.05, 0.1) is 10.6 Å². The summed E-state index contributed by atoms with van der Waals surface area (Å²) in [6, 6.07) is 0. The molecule has 2 nitrogen and oxygen atoms in total. The minimum absolute atomic E-state index is 0.00870. The molecule has 0 atom stereocenters. The van der Waals surface area contributed by atoms with Gasteiger partial charge < -0.3 is 5.73 Å². The molecule has 1 aromatic heterocycles. The highest BCUT2D eigenvalue weighted by Crippen LogP contribution is 2.31. The summed E-state index contributed by atoms with van der Waals surface area (Å²) in [6.07, 6.45) is -1.71. The van der Waals surface area contributed by atoms with Gasteiger partial charge in [0.1, 0.15) is 5.15 Å². The van der Waals surface area contributed by atoms with E-state index >= 15 is 0 Å². The van der Waals surface area contributed by atoms with Gasteiger partial charge in [-0.1, -0.05) is 23.2 Å². The fraction of sp³-hybridized carbons (Fsp3) is 0.286. The smallest absolute Gasteiger partial charge is 0.266 e. The van der Waals surface area contributed by atoms with E-state index in [9.17, 15) is 8.78 Å². The average molecular weight is 227 g/mol. The predicted molar refractivity (Wildman–Crippen MR) is 47.1 cm³/mol. The van der Waals surface area contributed by atoms with Gasteiger partial charge in [0.2, 0.25) is 0 Å². The summed E-state index contributed by atoms with van der Waals surface area (Å²) in [6.45, 7) is -0.00870. The lowest BCUT2D eigenvalue weighted by Gasteiger charge is -2.07. The Bertz CT molecular complexity index is 318. The number of pyridine rings is 1. The second kappa shape index (κ2) is 4.17. The Kier molecular flexibility index (Phi) is 3.41. The molecule has 0 unspecified atom stereocenters. The Labute approximate surface area is 83.7 Å². The third-order valence-corrected chi connectivity index (χ3v) is 2.30. The van der Waals surface area contributed by atoms with Crippen molar-refractivity contribution >= 4 is 23.2 Å². The second-order valence-electron chi connectivity index (χ2n) is 2.30. The molecule has 0 aliphatic carbocycles. The van der Waals surface area contributed by atoms with Crippen molar-refractivity contribution in [3.63, 3.8) is 0 Å². The van der Waals surface area contributed by atoms with Crippen LogP contribution in [0.4, 0.5) is 8.78 Å². The van der Waals surface area contributed by atoms with Gasteiger partial charge in [0, 0.05) is 18.3 Å². The summed E-state index contributed by atoms with van der Waals surface area (Å²) in [5, 5.41) is -0.0330. The Morgan fingerprint density at radius 2 is 2.08 bits per heavy atom. The first-order valence-corrected chi connectivity index (χ1v) is 4.14. The number of nitrogens with two attached hydrogens (primary N) is 1. The molecule has 0 bridgehead atoms. The molecule has 0 saturated heterocycles. The zero-order valence-corrected chi connectivity index (χ0v) is 7.91. The molecule has 1 heterocycles. The molecule has 72 valence electrons. The predicted octanol–water partition coefficient (Wildman–Crippen LogP) is 2.78. The van der Waals surface area contributed by atoms with Crippen molar-refractivity contribution in [3.05, 3.63) is 27.5 Å². The first kappa shape index (κ1) is 10.6. The van der Waals surface area contributed by atoms with Crippen LogP contribution >= 0.6 is 23.2 Å². The maximum absolute atomic E-state index is 12.3. The molecule has 0 radical (unpaired) electrons. The standard InChI is InChI=1S/C7H6Cl2F2N2/c8-5-3(1-12)6(9)13-2-4(5)7(10)11/h2,7H,1,12H2. The third-order valence-electron chi connectivity index (χ3n) is 1.52. The van der Waals surface area contributed by atoms with Crippen LogP contribution in [0.3, 0.4) is 0 Å². The molecule has 6 heteroatoms. The van der Waals surface area contributed by atoms with Crippen molar-refractivity contribution < 1.29 is 8.78 Å². The van der Waals surface area contributed by atoms with E-state index in [1.54, 1.807) is 0 Å². The molecule has 0 aliphatic rings. The highest BCUT2D eigenvalue weighted by Gasteiger charge is 2.17. The maximum atomic E-state index is 12.3. The summed E-state index contributed by atoms with van der Waals surface area (Å²) >= 11 is 11.2. The first-order chi connectivity index (χ1) is 6.07. The lowest BCUT2D eigenvalue weighted by atomic mass is 10.2. The van der Waals surface area contributed by atoms with Crippen molar-refractivity contribution in [2.75, 3.05) is 0 Å². The normalized spacial score (nSPS) is 10.9. The molecule has 2 N–H and O–H groups in total. The van der Waals surface area contributed by atoms with E-state index in [0.717, 1.165) is 6.20 Å². The lowest BCUT2D eigenvalue weighted by Crippen LogP contribution is -2.02. The lowest BCUT2D eigenvalue weighted by molar-refractivity contribution is 0.151. The van der Waals surface area contributed by atoms with Crippen LogP contribution in [0.1, 0.15) is 17.6 Å². The summed E-state index contributed by atoms with van der Waals surface area (Å²) < 4.78 is 24.5. The number of nitrogens with zero attached hydrogens (tertiary/aromatic N) is 1. The van der Waals surface area contributed by atoms with E-state index in [4.69, 9.17) is 28.9 Å². The van der Waals surface area contributed by atoms with E-state index in [0.29, 0.717) is 0 Å². The van der Waals surface area contributed by atoms with Crippen LogP contribution in [0.2, 0.25) is 10.2 Å². The number of rotatable bonds is 2. The van der Waals surface area contributed by atoms with Gasteiger partial charge in [-0.2, -0.15) is 0 Å². The molecule has 0 amide bonds. The summed E-state index contributed by atoms with van der Waals surface area (Å²) in [4.78, 5) is 3.55. The van der Waals surface area contributed by atoms with Crippen molar-refractivity contribution in [3.8, 4) is 0 Å². The van der Waals surface area contributed by atoms with Crippen molar-refractivity contribution in [2.24, 2.45) is 5.73 Å². The number of aromatic nitrogens is 1. The Balaban J connectivity index is 3.27. The van der Waals surface area contributed by atoms with E-state index in [1.165, 1.54) is 0 Å². The molecule has 1 rings (SSSR count). The molecular weight excluding hydrogens is 221 g/mol. The van der Waals surface area contributed by atoms with Crippen molar-refractivity contribution in [2.45, 2.75) is 13.0 Å². The first-order valence-electron chi connectivity index (χ1n) is 3.39. The van der Waals surface area contributed by atoms with Crippen LogP contribution in [0.25, 0.3) is 0 Å². The van der Waals surface area contributed by atoms with Crippen LogP contribution in [-0.4, -0.2) is 4.98 Å². The maximum Gasteiger partial charge on any atom is 0.266 e. The van der Waals surface area contributed by atoms with E-state index in [2.05, 4.69) is 4.98 Å². The van der Waals surface area contributed by atoms with E-state index in [-0.39, 0.29) is 27.8 Å². The summed E-state index contributed by atoms with van der Waals surface area (Å²) in [7, 11) is 0. The van der Waals surface area contributed by atoms with Gasteiger partial charge in [-0.25, -0.2) is 13.8 Å². The molecule has 0 fully saturated rings. The van der Waals surface area contributed by atoms with Gasteiger partial charge in [-0.15, -0.1) is 0 Å². The fourth-order valence-corrected chi connectivity index (χ4v) is 1.42. The molecule has 0 aromatic carbocycles. The quantitative estimate of drug-likeness (QED) is 0.789. The van der Waals surface area contributed by atoms with Crippen LogP contribution in [-0.2, 0) is 6.54 Å². The Morgan fingerprint density at radius 1 is 1.46 bits per heavy atom. The zero-order valence-electron chi connectivity index (χ0n) is 6.40. The molecule has 13 heavy (non-hydrogen) atoms. The number of hydrogen-bond donors (Lipinski definition) is 1. The molecule has 1 aromatic rings. The van der Waals surface area contributed by atoms with Crippen LogP contribution in [0.15, 0.2) is 6.20 Å². The fourth-order valence-electron chi connectivity index (χ4n) is 0.852. The average Bonchev–Trinajstić information content (AvgIpc) is 2.04. The third kappa shape index (κ3) is 2.07. The van der Waals surface area contributed by atoms with Gasteiger partial charge >= 0.3 is 0 Å². The van der Waals surface area contributed by atoms with Crippen LogP contribution in [0, 0.1) is 0 Å². The Morgan fingerprint density at radius 3 is 2.54 bits per heavy atom. The monoisotopic (exact) mass is 226 g/mol. The Hall–Kier alpha value is -0.450. The highest BCUT2D eigenvalue weighted by molar-refractivity contribution is 6.35. The van der Waals surface area contributed by atoms with Crippen LogP contribution in [0.5, 0.6) is 0 Å². The second-order valence-corrected chi connectivity index (χ2v) is 3.04. The van der Waals surface area contributed by atoms with Crippen molar-refractivity contribution in [1.29, 1.82) is 0 Å².